The van der Waals surface area contributed by atoms with Gasteiger partial charge in [0.2, 0.25) is 0 Å². The van der Waals surface area contributed by atoms with Crippen LogP contribution in [0.5, 0.6) is 0 Å². The Morgan fingerprint density at radius 3 is 2.67 bits per heavy atom. The molecule has 0 radical (unpaired) electrons. The molecule has 1 aromatic carbocycles. The van der Waals surface area contributed by atoms with Crippen LogP contribution in [0.4, 0.5) is 5.69 Å². The fraction of sp³-hybridized carbons (Fsp3) is 0.600. The first kappa shape index (κ1) is 13.9. The number of piperidine rings is 1. The highest BCUT2D eigenvalue weighted by Crippen LogP contribution is 2.34. The van der Waals surface area contributed by atoms with Gasteiger partial charge in [-0.25, -0.2) is 0 Å². The quantitative estimate of drug-likeness (QED) is 0.891. The van der Waals surface area contributed by atoms with Gasteiger partial charge in [0, 0.05) is 23.1 Å². The molecule has 18 heavy (non-hydrogen) atoms. The van der Waals surface area contributed by atoms with Crippen molar-refractivity contribution in [3.8, 4) is 0 Å². The van der Waals surface area contributed by atoms with Gasteiger partial charge in [-0.2, -0.15) is 0 Å². The smallest absolute Gasteiger partial charge is 0.0513 e. The standard InChI is InChI=1S/C15H23BrN2/c1-10-6-7-18(11(2)8-10)15-5-4-13(12(3)17)9-14(15)16/h4-5,9-12H,6-8,17H2,1-3H3/t10?,11?,12-/m0/s1. The maximum absolute atomic E-state index is 5.92. The van der Waals surface area contributed by atoms with E-state index in [4.69, 9.17) is 5.73 Å². The molecule has 0 saturated carbocycles. The van der Waals surface area contributed by atoms with Gasteiger partial charge in [0.25, 0.3) is 0 Å². The lowest BCUT2D eigenvalue weighted by molar-refractivity contribution is 0.377. The van der Waals surface area contributed by atoms with Crippen molar-refractivity contribution in [1.29, 1.82) is 0 Å². The molecule has 1 aliphatic heterocycles. The van der Waals surface area contributed by atoms with Gasteiger partial charge in [0.1, 0.15) is 0 Å². The number of benzene rings is 1. The van der Waals surface area contributed by atoms with E-state index in [1.165, 1.54) is 28.6 Å². The van der Waals surface area contributed by atoms with Crippen LogP contribution in [0.25, 0.3) is 0 Å². The first-order chi connectivity index (χ1) is 8.49. The average Bonchev–Trinajstić information content (AvgIpc) is 2.30. The van der Waals surface area contributed by atoms with Crippen molar-refractivity contribution in [2.24, 2.45) is 11.7 Å². The molecule has 0 bridgehead atoms. The summed E-state index contributed by atoms with van der Waals surface area (Å²) >= 11 is 3.70. The topological polar surface area (TPSA) is 29.3 Å². The molecule has 3 atom stereocenters. The van der Waals surface area contributed by atoms with E-state index in [1.807, 2.05) is 6.92 Å². The lowest BCUT2D eigenvalue weighted by atomic mass is 9.93. The third-order valence-corrected chi connectivity index (χ3v) is 4.58. The zero-order valence-electron chi connectivity index (χ0n) is 11.5. The first-order valence-corrected chi connectivity index (χ1v) is 7.60. The van der Waals surface area contributed by atoms with Gasteiger partial charge in [-0.15, -0.1) is 0 Å². The molecule has 1 saturated heterocycles. The third kappa shape index (κ3) is 2.89. The molecule has 2 rings (SSSR count). The molecular weight excluding hydrogens is 288 g/mol. The molecule has 1 fully saturated rings. The highest BCUT2D eigenvalue weighted by molar-refractivity contribution is 9.10. The van der Waals surface area contributed by atoms with Crippen LogP contribution in [-0.2, 0) is 0 Å². The molecule has 100 valence electrons. The van der Waals surface area contributed by atoms with Crippen LogP contribution < -0.4 is 10.6 Å². The van der Waals surface area contributed by atoms with E-state index >= 15 is 0 Å². The SMILES string of the molecule is CC1CCN(c2ccc([C@H](C)N)cc2Br)C(C)C1. The first-order valence-electron chi connectivity index (χ1n) is 6.80. The Morgan fingerprint density at radius 2 is 2.11 bits per heavy atom. The Kier molecular flexibility index (Phi) is 4.33. The average molecular weight is 311 g/mol. The highest BCUT2D eigenvalue weighted by Gasteiger charge is 2.24. The monoisotopic (exact) mass is 310 g/mol. The Labute approximate surface area is 119 Å². The molecule has 2 nitrogen and oxygen atoms in total. The van der Waals surface area contributed by atoms with Gasteiger partial charge in [-0.1, -0.05) is 13.0 Å². The summed E-state index contributed by atoms with van der Waals surface area (Å²) in [6, 6.07) is 7.22. The van der Waals surface area contributed by atoms with Crippen molar-refractivity contribution in [2.45, 2.75) is 45.7 Å². The van der Waals surface area contributed by atoms with E-state index < -0.39 is 0 Å². The third-order valence-electron chi connectivity index (χ3n) is 3.95. The van der Waals surface area contributed by atoms with E-state index in [0.717, 1.165) is 12.5 Å². The van der Waals surface area contributed by atoms with Crippen molar-refractivity contribution in [1.82, 2.24) is 0 Å². The second kappa shape index (κ2) is 5.62. The summed E-state index contributed by atoms with van der Waals surface area (Å²) in [6.07, 6.45) is 2.56. The molecule has 0 amide bonds. The number of hydrogen-bond acceptors (Lipinski definition) is 2. The summed E-state index contributed by atoms with van der Waals surface area (Å²) < 4.78 is 1.17. The molecular formula is C15H23BrN2. The van der Waals surface area contributed by atoms with Crippen LogP contribution >= 0.6 is 15.9 Å². The maximum Gasteiger partial charge on any atom is 0.0513 e. The normalized spacial score (nSPS) is 26.2. The molecule has 0 spiro atoms. The second-order valence-electron chi connectivity index (χ2n) is 5.67. The molecule has 0 aromatic heterocycles. The van der Waals surface area contributed by atoms with Crippen LogP contribution in [0.3, 0.4) is 0 Å². The molecule has 2 N–H and O–H groups in total. The lowest BCUT2D eigenvalue weighted by Crippen LogP contribution is -2.40. The summed E-state index contributed by atoms with van der Waals surface area (Å²) in [5.41, 5.74) is 8.41. The lowest BCUT2D eigenvalue weighted by Gasteiger charge is -2.39. The molecule has 1 aliphatic rings. The van der Waals surface area contributed by atoms with Gasteiger partial charge in [0.15, 0.2) is 0 Å². The summed E-state index contributed by atoms with van der Waals surface area (Å²) in [4.78, 5) is 2.51. The predicted molar refractivity (Wildman–Crippen MR) is 82.0 cm³/mol. The molecule has 3 heteroatoms. The van der Waals surface area contributed by atoms with E-state index in [2.05, 4.69) is 52.9 Å². The highest BCUT2D eigenvalue weighted by atomic mass is 79.9. The number of rotatable bonds is 2. The summed E-state index contributed by atoms with van der Waals surface area (Å²) in [6.45, 7) is 7.84. The molecule has 2 unspecified atom stereocenters. The zero-order chi connectivity index (χ0) is 13.3. The van der Waals surface area contributed by atoms with Crippen LogP contribution in [0.1, 0.15) is 45.2 Å². The van der Waals surface area contributed by atoms with Crippen LogP contribution in [0, 0.1) is 5.92 Å². The molecule has 1 aromatic rings. The van der Waals surface area contributed by atoms with E-state index in [9.17, 15) is 0 Å². The van der Waals surface area contributed by atoms with E-state index in [-0.39, 0.29) is 6.04 Å². The molecule has 0 aliphatic carbocycles. The van der Waals surface area contributed by atoms with Crippen molar-refractivity contribution >= 4 is 21.6 Å². The van der Waals surface area contributed by atoms with Gasteiger partial charge < -0.3 is 10.6 Å². The van der Waals surface area contributed by atoms with Crippen LogP contribution in [-0.4, -0.2) is 12.6 Å². The minimum Gasteiger partial charge on any atom is -0.368 e. The van der Waals surface area contributed by atoms with Crippen molar-refractivity contribution in [3.05, 3.63) is 28.2 Å². The number of hydrogen-bond donors (Lipinski definition) is 1. The summed E-state index contributed by atoms with van der Waals surface area (Å²) in [7, 11) is 0. The number of halogens is 1. The van der Waals surface area contributed by atoms with Crippen LogP contribution in [0.2, 0.25) is 0 Å². The fourth-order valence-corrected chi connectivity index (χ4v) is 3.43. The predicted octanol–water partition coefficient (Wildman–Crippen LogP) is 4.09. The number of nitrogens with zero attached hydrogens (tertiary/aromatic N) is 1. The maximum atomic E-state index is 5.92. The Bertz CT molecular complexity index is 417. The van der Waals surface area contributed by atoms with Crippen LogP contribution in [0.15, 0.2) is 22.7 Å². The van der Waals surface area contributed by atoms with E-state index in [1.54, 1.807) is 0 Å². The van der Waals surface area contributed by atoms with E-state index in [0.29, 0.717) is 6.04 Å². The van der Waals surface area contributed by atoms with Gasteiger partial charge in [-0.3, -0.25) is 0 Å². The van der Waals surface area contributed by atoms with Crippen molar-refractivity contribution in [2.75, 3.05) is 11.4 Å². The zero-order valence-corrected chi connectivity index (χ0v) is 13.1. The number of nitrogens with two attached hydrogens (primary N) is 1. The molecule has 1 heterocycles. The number of anilines is 1. The minimum absolute atomic E-state index is 0.0918. The largest absolute Gasteiger partial charge is 0.368 e. The van der Waals surface area contributed by atoms with Gasteiger partial charge >= 0.3 is 0 Å². The fourth-order valence-electron chi connectivity index (χ4n) is 2.80. The second-order valence-corrected chi connectivity index (χ2v) is 6.53. The van der Waals surface area contributed by atoms with Crippen molar-refractivity contribution in [3.63, 3.8) is 0 Å². The Balaban J connectivity index is 2.23. The summed E-state index contributed by atoms with van der Waals surface area (Å²) in [5.74, 6) is 0.846. The minimum atomic E-state index is 0.0918. The van der Waals surface area contributed by atoms with Gasteiger partial charge in [-0.05, 0) is 66.2 Å². The summed E-state index contributed by atoms with van der Waals surface area (Å²) in [5, 5.41) is 0. The Hall–Kier alpha value is -0.540. The Morgan fingerprint density at radius 1 is 1.39 bits per heavy atom. The van der Waals surface area contributed by atoms with Gasteiger partial charge in [0.05, 0.1) is 5.69 Å². The van der Waals surface area contributed by atoms with Crippen molar-refractivity contribution < 1.29 is 0 Å².